The van der Waals surface area contributed by atoms with Gasteiger partial charge in [-0.25, -0.2) is 8.78 Å². The molecule has 166 valence electrons. The van der Waals surface area contributed by atoms with E-state index in [1.54, 1.807) is 4.57 Å². The molecule has 0 saturated heterocycles. The van der Waals surface area contributed by atoms with Crippen molar-refractivity contribution in [3.8, 4) is 16.8 Å². The molecule has 0 aliphatic carbocycles. The van der Waals surface area contributed by atoms with Gasteiger partial charge in [-0.1, -0.05) is 6.92 Å². The van der Waals surface area contributed by atoms with Crippen molar-refractivity contribution in [2.45, 2.75) is 46.2 Å². The summed E-state index contributed by atoms with van der Waals surface area (Å²) in [5.41, 5.74) is 3.27. The molecule has 6 nitrogen and oxygen atoms in total. The van der Waals surface area contributed by atoms with Gasteiger partial charge in [0.05, 0.1) is 29.0 Å². The summed E-state index contributed by atoms with van der Waals surface area (Å²) in [4.78, 5) is 0. The molecular formula is C24H25F2N5O. The average Bonchev–Trinajstić information content (AvgIpc) is 3.33. The quantitative estimate of drug-likeness (QED) is 0.486. The van der Waals surface area contributed by atoms with Crippen molar-refractivity contribution in [2.75, 3.05) is 11.9 Å². The standard InChI is InChI=1S/C24H25F2N5O/c1-5-15-18(17-10-14(25)11-20-16(17)6-7-30(20)8-9-32)12-19(26)21-22(15)31-13(2)28-29-23(31)24(3,4)27-21/h6-7,10-12,27,32H,5,8-9H2,1-4H3. The van der Waals surface area contributed by atoms with Crippen molar-refractivity contribution < 1.29 is 13.9 Å². The molecule has 0 spiro atoms. The number of aromatic nitrogens is 4. The number of hydrogen-bond donors (Lipinski definition) is 2. The van der Waals surface area contributed by atoms with Crippen molar-refractivity contribution in [2.24, 2.45) is 0 Å². The predicted octanol–water partition coefficient (Wildman–Crippen LogP) is 4.69. The smallest absolute Gasteiger partial charge is 0.162 e. The first-order chi connectivity index (χ1) is 15.3. The highest BCUT2D eigenvalue weighted by molar-refractivity contribution is 5.98. The largest absolute Gasteiger partial charge is 0.395 e. The second-order valence-corrected chi connectivity index (χ2v) is 8.74. The molecule has 0 saturated carbocycles. The predicted molar refractivity (Wildman–Crippen MR) is 120 cm³/mol. The van der Waals surface area contributed by atoms with E-state index in [-0.39, 0.29) is 6.61 Å². The summed E-state index contributed by atoms with van der Waals surface area (Å²) in [5, 5.41) is 22.1. The van der Waals surface area contributed by atoms with Crippen LogP contribution in [0.3, 0.4) is 0 Å². The maximum Gasteiger partial charge on any atom is 0.162 e. The number of anilines is 1. The summed E-state index contributed by atoms with van der Waals surface area (Å²) in [6.45, 7) is 8.03. The molecule has 0 atom stereocenters. The highest BCUT2D eigenvalue weighted by Gasteiger charge is 2.37. The Morgan fingerprint density at radius 1 is 1.12 bits per heavy atom. The Morgan fingerprint density at radius 2 is 1.91 bits per heavy atom. The van der Waals surface area contributed by atoms with Gasteiger partial charge in [0.25, 0.3) is 0 Å². The van der Waals surface area contributed by atoms with Crippen LogP contribution in [0.2, 0.25) is 0 Å². The van der Waals surface area contributed by atoms with Crippen LogP contribution >= 0.6 is 0 Å². The van der Waals surface area contributed by atoms with Crippen molar-refractivity contribution in [1.29, 1.82) is 0 Å². The minimum Gasteiger partial charge on any atom is -0.395 e. The van der Waals surface area contributed by atoms with Crippen LogP contribution in [-0.2, 0) is 18.5 Å². The van der Waals surface area contributed by atoms with Gasteiger partial charge < -0.3 is 15.0 Å². The number of aliphatic hydroxyl groups is 1. The summed E-state index contributed by atoms with van der Waals surface area (Å²) in [6.07, 6.45) is 2.42. The van der Waals surface area contributed by atoms with E-state index in [0.717, 1.165) is 10.9 Å². The van der Waals surface area contributed by atoms with Crippen molar-refractivity contribution in [3.63, 3.8) is 0 Å². The number of rotatable bonds is 4. The second-order valence-electron chi connectivity index (χ2n) is 8.74. The number of halogens is 2. The normalized spacial score (nSPS) is 14.3. The van der Waals surface area contributed by atoms with Gasteiger partial charge in [0.15, 0.2) is 5.82 Å². The Labute approximate surface area is 184 Å². The third kappa shape index (κ3) is 2.86. The van der Waals surface area contributed by atoms with Crippen LogP contribution in [0.25, 0.3) is 27.7 Å². The SMILES string of the molecule is CCc1c(-c2cc(F)cc3c2ccn3CCO)cc(F)c2c1-n1c(C)nnc1C(C)(C)N2. The van der Waals surface area contributed by atoms with E-state index in [1.165, 1.54) is 18.2 Å². The van der Waals surface area contributed by atoms with Crippen molar-refractivity contribution >= 4 is 16.6 Å². The fourth-order valence-corrected chi connectivity index (χ4v) is 4.83. The number of benzene rings is 2. The molecule has 4 aromatic rings. The lowest BCUT2D eigenvalue weighted by molar-refractivity contribution is 0.278. The average molecular weight is 437 g/mol. The summed E-state index contributed by atoms with van der Waals surface area (Å²) < 4.78 is 34.0. The number of hydrogen-bond acceptors (Lipinski definition) is 4. The molecule has 0 unspecified atom stereocenters. The van der Waals surface area contributed by atoms with E-state index in [4.69, 9.17) is 0 Å². The monoisotopic (exact) mass is 437 g/mol. The van der Waals surface area contributed by atoms with Gasteiger partial charge in [0.2, 0.25) is 0 Å². The first-order valence-electron chi connectivity index (χ1n) is 10.7. The van der Waals surface area contributed by atoms with Crippen LogP contribution in [0, 0.1) is 18.6 Å². The highest BCUT2D eigenvalue weighted by atomic mass is 19.1. The molecule has 1 aliphatic heterocycles. The minimum atomic E-state index is -0.602. The maximum absolute atomic E-state index is 15.6. The molecule has 32 heavy (non-hydrogen) atoms. The van der Waals surface area contributed by atoms with Crippen LogP contribution in [0.1, 0.15) is 38.0 Å². The van der Waals surface area contributed by atoms with Gasteiger partial charge in [0, 0.05) is 18.1 Å². The summed E-state index contributed by atoms with van der Waals surface area (Å²) in [6, 6.07) is 6.27. The molecule has 0 radical (unpaired) electrons. The highest BCUT2D eigenvalue weighted by Crippen LogP contribution is 2.45. The molecular weight excluding hydrogens is 412 g/mol. The Morgan fingerprint density at radius 3 is 2.62 bits per heavy atom. The lowest BCUT2D eigenvalue weighted by Crippen LogP contribution is -2.37. The third-order valence-electron chi connectivity index (χ3n) is 6.24. The number of aryl methyl sites for hydroxylation is 1. The van der Waals surface area contributed by atoms with Gasteiger partial charge in [-0.15, -0.1) is 10.2 Å². The molecule has 2 aromatic carbocycles. The van der Waals surface area contributed by atoms with E-state index < -0.39 is 17.2 Å². The summed E-state index contributed by atoms with van der Waals surface area (Å²) >= 11 is 0. The minimum absolute atomic E-state index is 0.0551. The fraction of sp³-hybridized carbons (Fsp3) is 0.333. The van der Waals surface area contributed by atoms with E-state index in [9.17, 15) is 9.50 Å². The van der Waals surface area contributed by atoms with Crippen LogP contribution in [0.4, 0.5) is 14.5 Å². The molecule has 3 heterocycles. The molecule has 5 rings (SSSR count). The van der Waals surface area contributed by atoms with Gasteiger partial charge in [0.1, 0.15) is 17.5 Å². The van der Waals surface area contributed by atoms with E-state index in [2.05, 4.69) is 15.5 Å². The Bertz CT molecular complexity index is 1370. The topological polar surface area (TPSA) is 67.9 Å². The fourth-order valence-electron chi connectivity index (χ4n) is 4.83. The summed E-state index contributed by atoms with van der Waals surface area (Å²) in [7, 11) is 0. The zero-order chi connectivity index (χ0) is 22.8. The number of nitrogens with zero attached hydrogens (tertiary/aromatic N) is 4. The van der Waals surface area contributed by atoms with Crippen LogP contribution in [0.15, 0.2) is 30.5 Å². The Balaban J connectivity index is 1.85. The molecule has 2 N–H and O–H groups in total. The van der Waals surface area contributed by atoms with E-state index in [1.807, 2.05) is 44.5 Å². The van der Waals surface area contributed by atoms with Crippen molar-refractivity contribution in [1.82, 2.24) is 19.3 Å². The second kappa shape index (κ2) is 7.13. The Hall–Kier alpha value is -3.26. The molecule has 2 aromatic heterocycles. The first-order valence-corrected chi connectivity index (χ1v) is 10.7. The lowest BCUT2D eigenvalue weighted by atomic mass is 9.90. The summed E-state index contributed by atoms with van der Waals surface area (Å²) in [5.74, 6) is 0.546. The number of fused-ring (bicyclic) bond motifs is 4. The van der Waals surface area contributed by atoms with E-state index in [0.29, 0.717) is 52.6 Å². The molecule has 0 amide bonds. The molecule has 0 fully saturated rings. The lowest BCUT2D eigenvalue weighted by Gasteiger charge is -2.35. The van der Waals surface area contributed by atoms with Gasteiger partial charge in [-0.05, 0) is 68.1 Å². The Kier molecular flexibility index (Phi) is 4.60. The molecule has 1 aliphatic rings. The van der Waals surface area contributed by atoms with Gasteiger partial charge >= 0.3 is 0 Å². The third-order valence-corrected chi connectivity index (χ3v) is 6.24. The van der Waals surface area contributed by atoms with Gasteiger partial charge in [-0.3, -0.25) is 4.57 Å². The van der Waals surface area contributed by atoms with Crippen LogP contribution in [-0.4, -0.2) is 31.0 Å². The van der Waals surface area contributed by atoms with Crippen molar-refractivity contribution in [3.05, 3.63) is 59.3 Å². The molecule has 8 heteroatoms. The number of aliphatic hydroxyl groups excluding tert-OH is 1. The zero-order valence-corrected chi connectivity index (χ0v) is 18.5. The van der Waals surface area contributed by atoms with Gasteiger partial charge in [-0.2, -0.15) is 0 Å². The first kappa shape index (κ1) is 20.6. The molecule has 0 bridgehead atoms. The van der Waals surface area contributed by atoms with Crippen LogP contribution in [0.5, 0.6) is 0 Å². The van der Waals surface area contributed by atoms with Crippen LogP contribution < -0.4 is 5.32 Å². The maximum atomic E-state index is 15.6. The number of nitrogens with one attached hydrogen (secondary N) is 1. The van der Waals surface area contributed by atoms with E-state index >= 15 is 4.39 Å². The zero-order valence-electron chi connectivity index (χ0n) is 18.5.